The van der Waals surface area contributed by atoms with Crippen LogP contribution in [0.3, 0.4) is 0 Å². The van der Waals surface area contributed by atoms with Gasteiger partial charge in [0.25, 0.3) is 0 Å². The van der Waals surface area contributed by atoms with E-state index >= 15 is 0 Å². The Hall–Kier alpha value is -1.48. The van der Waals surface area contributed by atoms with Crippen molar-refractivity contribution in [1.29, 1.82) is 0 Å². The zero-order valence-corrected chi connectivity index (χ0v) is 11.2. The molecule has 2 aromatic heterocycles. The Morgan fingerprint density at radius 1 is 1.26 bits per heavy atom. The van der Waals surface area contributed by atoms with E-state index in [0.29, 0.717) is 5.82 Å². The highest BCUT2D eigenvalue weighted by molar-refractivity contribution is 7.18. The van der Waals surface area contributed by atoms with Crippen LogP contribution in [-0.2, 0) is 0 Å². The van der Waals surface area contributed by atoms with Crippen molar-refractivity contribution in [1.82, 2.24) is 9.97 Å². The molecule has 0 bridgehead atoms. The Morgan fingerprint density at radius 2 is 1.89 bits per heavy atom. The van der Waals surface area contributed by atoms with Gasteiger partial charge < -0.3 is 26.4 Å². The summed E-state index contributed by atoms with van der Waals surface area (Å²) in [6.45, 7) is 0.626. The van der Waals surface area contributed by atoms with Gasteiger partial charge in [0.1, 0.15) is 16.2 Å². The van der Waals surface area contributed by atoms with Gasteiger partial charge in [-0.15, -0.1) is 11.3 Å². The molecule has 0 fully saturated rings. The highest BCUT2D eigenvalue weighted by Crippen LogP contribution is 2.30. The molecule has 0 spiro atoms. The highest BCUT2D eigenvalue weighted by Gasteiger charge is 2.29. The second-order valence-corrected chi connectivity index (χ2v) is 5.62. The number of aliphatic hydroxyl groups excluding tert-OH is 3. The Morgan fingerprint density at radius 3 is 2.47 bits per heavy atom. The highest BCUT2D eigenvalue weighted by atomic mass is 32.1. The molecule has 0 amide bonds. The molecule has 6 N–H and O–H groups in total. The van der Waals surface area contributed by atoms with E-state index in [1.54, 1.807) is 0 Å². The van der Waals surface area contributed by atoms with Crippen molar-refractivity contribution in [2.75, 3.05) is 30.9 Å². The molecule has 0 aliphatic heterocycles. The number of aliphatic hydroxyl groups is 3. The summed E-state index contributed by atoms with van der Waals surface area (Å²) in [6.07, 6.45) is 0. The van der Waals surface area contributed by atoms with Gasteiger partial charge in [-0.05, 0) is 13.0 Å². The van der Waals surface area contributed by atoms with Crippen LogP contribution >= 0.6 is 11.3 Å². The van der Waals surface area contributed by atoms with Gasteiger partial charge in [-0.25, -0.2) is 4.98 Å². The number of hydrogen-bond donors (Lipinski definition) is 5. The fraction of sp³-hybridized carbons (Fsp3) is 0.455. The lowest BCUT2D eigenvalue weighted by molar-refractivity contribution is 0.0832. The predicted octanol–water partition coefficient (Wildman–Crippen LogP) is -0.290. The molecular formula is C11H16N4O3S. The lowest BCUT2D eigenvalue weighted by Crippen LogP contribution is -2.49. The van der Waals surface area contributed by atoms with Crippen LogP contribution in [0.25, 0.3) is 10.2 Å². The van der Waals surface area contributed by atoms with Crippen molar-refractivity contribution in [3.8, 4) is 0 Å². The molecule has 19 heavy (non-hydrogen) atoms. The molecular weight excluding hydrogens is 268 g/mol. The van der Waals surface area contributed by atoms with E-state index in [0.717, 1.165) is 15.1 Å². The summed E-state index contributed by atoms with van der Waals surface area (Å²) in [5.41, 5.74) is 4.39. The molecule has 0 radical (unpaired) electrons. The Labute approximate surface area is 113 Å². The molecule has 0 aromatic carbocycles. The van der Waals surface area contributed by atoms with Gasteiger partial charge in [0.2, 0.25) is 5.95 Å². The first-order chi connectivity index (χ1) is 9.03. The van der Waals surface area contributed by atoms with Crippen LogP contribution in [0.4, 0.5) is 11.8 Å². The maximum atomic E-state index is 9.33. The number of rotatable bonds is 5. The Bertz CT molecular complexity index is 574. The SMILES string of the molecule is Cc1cc2c(NC(CO)(CO)CO)nc(N)nc2s1. The molecule has 8 heteroatoms. The summed E-state index contributed by atoms with van der Waals surface area (Å²) in [7, 11) is 0. The van der Waals surface area contributed by atoms with E-state index in [2.05, 4.69) is 15.3 Å². The minimum absolute atomic E-state index is 0.0968. The topological polar surface area (TPSA) is 125 Å². The third kappa shape index (κ3) is 2.61. The minimum Gasteiger partial charge on any atom is -0.394 e. The molecule has 104 valence electrons. The fourth-order valence-electron chi connectivity index (χ4n) is 1.67. The van der Waals surface area contributed by atoms with Crippen LogP contribution in [-0.4, -0.2) is 50.6 Å². The number of nitrogen functional groups attached to an aromatic ring is 1. The summed E-state index contributed by atoms with van der Waals surface area (Å²) < 4.78 is 0. The number of hydrogen-bond acceptors (Lipinski definition) is 8. The van der Waals surface area contributed by atoms with Crippen molar-refractivity contribution >= 4 is 33.3 Å². The second kappa shape index (κ2) is 5.25. The summed E-state index contributed by atoms with van der Waals surface area (Å²) in [5, 5.41) is 31.6. The van der Waals surface area contributed by atoms with Gasteiger partial charge in [-0.2, -0.15) is 4.98 Å². The molecule has 2 rings (SSSR count). The third-order valence-corrected chi connectivity index (χ3v) is 3.77. The maximum Gasteiger partial charge on any atom is 0.223 e. The van der Waals surface area contributed by atoms with Gasteiger partial charge in [-0.1, -0.05) is 0 Å². The maximum absolute atomic E-state index is 9.33. The third-order valence-electron chi connectivity index (χ3n) is 2.82. The molecule has 0 aliphatic rings. The largest absolute Gasteiger partial charge is 0.394 e. The van der Waals surface area contributed by atoms with Crippen LogP contribution in [0.15, 0.2) is 6.07 Å². The summed E-state index contributed by atoms with van der Waals surface area (Å²) in [4.78, 5) is 9.95. The molecule has 0 saturated carbocycles. The normalized spacial score (nSPS) is 12.0. The van der Waals surface area contributed by atoms with Crippen molar-refractivity contribution in [3.63, 3.8) is 0 Å². The monoisotopic (exact) mass is 284 g/mol. The molecule has 0 aliphatic carbocycles. The van der Waals surface area contributed by atoms with Gasteiger partial charge >= 0.3 is 0 Å². The van der Waals surface area contributed by atoms with Gasteiger partial charge in [0.05, 0.1) is 25.2 Å². The minimum atomic E-state index is -1.25. The second-order valence-electron chi connectivity index (χ2n) is 4.39. The molecule has 2 aromatic rings. The van der Waals surface area contributed by atoms with Crippen molar-refractivity contribution in [3.05, 3.63) is 10.9 Å². The smallest absolute Gasteiger partial charge is 0.223 e. The van der Waals surface area contributed by atoms with Crippen LogP contribution in [0.1, 0.15) is 4.88 Å². The van der Waals surface area contributed by atoms with Crippen molar-refractivity contribution < 1.29 is 15.3 Å². The van der Waals surface area contributed by atoms with E-state index in [1.807, 2.05) is 13.0 Å². The average Bonchev–Trinajstić information content (AvgIpc) is 2.76. The molecule has 0 unspecified atom stereocenters. The fourth-order valence-corrected chi connectivity index (χ4v) is 2.56. The molecule has 7 nitrogen and oxygen atoms in total. The van der Waals surface area contributed by atoms with E-state index in [4.69, 9.17) is 5.73 Å². The molecule has 0 saturated heterocycles. The number of anilines is 2. The van der Waals surface area contributed by atoms with Crippen LogP contribution in [0, 0.1) is 6.92 Å². The quantitative estimate of drug-likeness (QED) is 0.511. The zero-order valence-electron chi connectivity index (χ0n) is 10.4. The van der Waals surface area contributed by atoms with E-state index < -0.39 is 25.4 Å². The molecule has 2 heterocycles. The zero-order chi connectivity index (χ0) is 14.0. The number of nitrogens with zero attached hydrogens (tertiary/aromatic N) is 2. The first-order valence-corrected chi connectivity index (χ1v) is 6.49. The average molecular weight is 284 g/mol. The number of nitrogens with one attached hydrogen (secondary N) is 1. The van der Waals surface area contributed by atoms with Gasteiger partial charge in [0.15, 0.2) is 0 Å². The predicted molar refractivity (Wildman–Crippen MR) is 74.2 cm³/mol. The Kier molecular flexibility index (Phi) is 3.85. The number of thiophene rings is 1. The van der Waals surface area contributed by atoms with Crippen LogP contribution in [0.2, 0.25) is 0 Å². The summed E-state index contributed by atoms with van der Waals surface area (Å²) >= 11 is 1.47. The number of nitrogens with two attached hydrogens (primary N) is 1. The van der Waals surface area contributed by atoms with E-state index in [-0.39, 0.29) is 5.95 Å². The van der Waals surface area contributed by atoms with Gasteiger partial charge in [0, 0.05) is 4.88 Å². The molecule has 0 atom stereocenters. The van der Waals surface area contributed by atoms with Gasteiger partial charge in [-0.3, -0.25) is 0 Å². The van der Waals surface area contributed by atoms with Crippen molar-refractivity contribution in [2.24, 2.45) is 0 Å². The van der Waals surface area contributed by atoms with E-state index in [9.17, 15) is 15.3 Å². The lowest BCUT2D eigenvalue weighted by Gasteiger charge is -2.29. The summed E-state index contributed by atoms with van der Waals surface area (Å²) in [6, 6.07) is 1.89. The standard InChI is InChI=1S/C11H16N4O3S/c1-6-2-7-8(13-10(12)14-9(7)19-6)15-11(3-16,4-17)5-18/h2,16-18H,3-5H2,1H3,(H3,12,13,14,15). The number of aryl methyl sites for hydroxylation is 1. The number of fused-ring (bicyclic) bond motifs is 1. The van der Waals surface area contributed by atoms with Crippen LogP contribution < -0.4 is 11.1 Å². The summed E-state index contributed by atoms with van der Waals surface area (Å²) in [5.74, 6) is 0.489. The van der Waals surface area contributed by atoms with Crippen LogP contribution in [0.5, 0.6) is 0 Å². The number of aromatic nitrogens is 2. The first-order valence-electron chi connectivity index (χ1n) is 5.68. The first kappa shape index (κ1) is 13.9. The lowest BCUT2D eigenvalue weighted by atomic mass is 10.0. The Balaban J connectivity index is 2.49. The van der Waals surface area contributed by atoms with Crippen molar-refractivity contribution in [2.45, 2.75) is 12.5 Å². The van der Waals surface area contributed by atoms with E-state index in [1.165, 1.54) is 11.3 Å².